The number of thiazole rings is 1. The van der Waals surface area contributed by atoms with Gasteiger partial charge >= 0.3 is 0 Å². The minimum Gasteiger partial charge on any atom is -0.381 e. The van der Waals surface area contributed by atoms with Gasteiger partial charge < -0.3 is 4.74 Å². The molecule has 3 rings (SSSR count). The van der Waals surface area contributed by atoms with Crippen LogP contribution in [0.3, 0.4) is 0 Å². The Morgan fingerprint density at radius 2 is 2.11 bits per heavy atom. The van der Waals surface area contributed by atoms with Crippen LogP contribution in [0.25, 0.3) is 10.2 Å². The fourth-order valence-electron chi connectivity index (χ4n) is 2.38. The van der Waals surface area contributed by atoms with Crippen LogP contribution in [0.4, 0.5) is 0 Å². The molecule has 92 valence electrons. The quantitative estimate of drug-likeness (QED) is 0.831. The number of ether oxygens (including phenoxy) is 1. The molecule has 0 unspecified atom stereocenters. The average molecular weight is 258 g/mol. The summed E-state index contributed by atoms with van der Waals surface area (Å²) in [4.78, 5) is 4.63. The highest BCUT2D eigenvalue weighted by molar-refractivity contribution is 7.18. The summed E-state index contributed by atoms with van der Waals surface area (Å²) in [7, 11) is 0. The molecule has 0 atom stereocenters. The lowest BCUT2D eigenvalue weighted by Crippen LogP contribution is -2.30. The van der Waals surface area contributed by atoms with Gasteiger partial charge in [0.1, 0.15) is 0 Å². The number of benzene rings is 1. The summed E-state index contributed by atoms with van der Waals surface area (Å²) < 4.78 is 6.56. The SMILES string of the molecule is N#CC1(Cc2nc3ccccc3s2)CCOCC1. The molecule has 1 saturated heterocycles. The maximum atomic E-state index is 9.45. The van der Waals surface area contributed by atoms with E-state index in [1.807, 2.05) is 18.2 Å². The average Bonchev–Trinajstić information content (AvgIpc) is 2.81. The van der Waals surface area contributed by atoms with Crippen molar-refractivity contribution >= 4 is 21.6 Å². The third kappa shape index (κ3) is 2.12. The minimum absolute atomic E-state index is 0.272. The second kappa shape index (κ2) is 4.68. The Labute approximate surface area is 110 Å². The molecule has 0 aliphatic carbocycles. The van der Waals surface area contributed by atoms with E-state index in [2.05, 4.69) is 17.1 Å². The number of fused-ring (bicyclic) bond motifs is 1. The van der Waals surface area contributed by atoms with E-state index in [0.29, 0.717) is 13.2 Å². The fourth-order valence-corrected chi connectivity index (χ4v) is 3.49. The van der Waals surface area contributed by atoms with E-state index in [1.54, 1.807) is 11.3 Å². The van der Waals surface area contributed by atoms with Crippen molar-refractivity contribution in [3.63, 3.8) is 0 Å². The molecule has 1 aliphatic heterocycles. The van der Waals surface area contributed by atoms with Crippen molar-refractivity contribution in [2.24, 2.45) is 5.41 Å². The van der Waals surface area contributed by atoms with Crippen LogP contribution >= 0.6 is 11.3 Å². The van der Waals surface area contributed by atoms with Crippen LogP contribution in [-0.2, 0) is 11.2 Å². The summed E-state index contributed by atoms with van der Waals surface area (Å²) in [5.74, 6) is 0. The molecule has 3 nitrogen and oxygen atoms in total. The molecule has 0 amide bonds. The van der Waals surface area contributed by atoms with Crippen LogP contribution in [-0.4, -0.2) is 18.2 Å². The molecule has 0 spiro atoms. The largest absolute Gasteiger partial charge is 0.381 e. The number of rotatable bonds is 2. The van der Waals surface area contributed by atoms with Crippen molar-refractivity contribution < 1.29 is 4.74 Å². The lowest BCUT2D eigenvalue weighted by Gasteiger charge is -2.29. The van der Waals surface area contributed by atoms with Crippen molar-refractivity contribution in [3.8, 4) is 6.07 Å². The molecule has 1 fully saturated rings. The highest BCUT2D eigenvalue weighted by Crippen LogP contribution is 2.35. The van der Waals surface area contributed by atoms with E-state index < -0.39 is 0 Å². The Balaban J connectivity index is 1.88. The van der Waals surface area contributed by atoms with E-state index in [4.69, 9.17) is 4.74 Å². The molecule has 1 aromatic heterocycles. The predicted octanol–water partition coefficient (Wildman–Crippen LogP) is 3.16. The van der Waals surface area contributed by atoms with Gasteiger partial charge in [-0.2, -0.15) is 5.26 Å². The second-order valence-electron chi connectivity index (χ2n) is 4.76. The molecular weight excluding hydrogens is 244 g/mol. The van der Waals surface area contributed by atoms with Gasteiger partial charge in [-0.3, -0.25) is 0 Å². The molecule has 2 heterocycles. The zero-order chi connectivity index (χ0) is 12.4. The van der Waals surface area contributed by atoms with Crippen molar-refractivity contribution in [3.05, 3.63) is 29.3 Å². The van der Waals surface area contributed by atoms with Gasteiger partial charge in [-0.25, -0.2) is 4.98 Å². The number of nitrogens with zero attached hydrogens (tertiary/aromatic N) is 2. The molecule has 0 N–H and O–H groups in total. The maximum absolute atomic E-state index is 9.45. The Bertz CT molecular complexity index is 560. The van der Waals surface area contributed by atoms with Crippen molar-refractivity contribution in [1.82, 2.24) is 4.98 Å². The first-order valence-electron chi connectivity index (χ1n) is 6.15. The van der Waals surface area contributed by atoms with Crippen LogP contribution in [0.5, 0.6) is 0 Å². The number of aromatic nitrogens is 1. The summed E-state index contributed by atoms with van der Waals surface area (Å²) in [5.41, 5.74) is 0.768. The van der Waals surface area contributed by atoms with E-state index in [9.17, 15) is 5.26 Å². The zero-order valence-electron chi connectivity index (χ0n) is 10.1. The van der Waals surface area contributed by atoms with Gasteiger partial charge in [0.15, 0.2) is 0 Å². The van der Waals surface area contributed by atoms with Gasteiger partial charge in [-0.15, -0.1) is 11.3 Å². The van der Waals surface area contributed by atoms with Gasteiger partial charge in [-0.1, -0.05) is 12.1 Å². The maximum Gasteiger partial charge on any atom is 0.0954 e. The van der Waals surface area contributed by atoms with Gasteiger partial charge in [0.2, 0.25) is 0 Å². The van der Waals surface area contributed by atoms with Crippen LogP contribution < -0.4 is 0 Å². The first-order chi connectivity index (χ1) is 8.81. The molecule has 18 heavy (non-hydrogen) atoms. The first-order valence-corrected chi connectivity index (χ1v) is 6.96. The molecule has 2 aromatic rings. The van der Waals surface area contributed by atoms with Crippen LogP contribution in [0.15, 0.2) is 24.3 Å². The second-order valence-corrected chi connectivity index (χ2v) is 5.87. The normalized spacial score (nSPS) is 18.6. The molecule has 0 radical (unpaired) electrons. The van der Waals surface area contributed by atoms with E-state index in [0.717, 1.165) is 29.8 Å². The highest BCUT2D eigenvalue weighted by atomic mass is 32.1. The summed E-state index contributed by atoms with van der Waals surface area (Å²) >= 11 is 1.70. The van der Waals surface area contributed by atoms with Gasteiger partial charge in [0.25, 0.3) is 0 Å². The summed E-state index contributed by atoms with van der Waals surface area (Å²) in [6, 6.07) is 10.6. The van der Waals surface area contributed by atoms with Crippen LogP contribution in [0.2, 0.25) is 0 Å². The Morgan fingerprint density at radius 3 is 2.83 bits per heavy atom. The molecular formula is C14H14N2OS. The standard InChI is InChI=1S/C14H14N2OS/c15-10-14(5-7-17-8-6-14)9-13-16-11-3-1-2-4-12(11)18-13/h1-4H,5-9H2. The van der Waals surface area contributed by atoms with Crippen molar-refractivity contribution in [1.29, 1.82) is 5.26 Å². The monoisotopic (exact) mass is 258 g/mol. The third-order valence-electron chi connectivity index (χ3n) is 3.51. The summed E-state index contributed by atoms with van der Waals surface area (Å²) in [6.07, 6.45) is 2.39. The smallest absolute Gasteiger partial charge is 0.0954 e. The Morgan fingerprint density at radius 1 is 1.33 bits per heavy atom. The van der Waals surface area contributed by atoms with Gasteiger partial charge in [-0.05, 0) is 25.0 Å². The molecule has 1 aromatic carbocycles. The molecule has 0 saturated carbocycles. The van der Waals surface area contributed by atoms with Crippen LogP contribution in [0, 0.1) is 16.7 Å². The van der Waals surface area contributed by atoms with E-state index in [-0.39, 0.29) is 5.41 Å². The summed E-state index contributed by atoms with van der Waals surface area (Å²) in [6.45, 7) is 1.39. The van der Waals surface area contributed by atoms with Crippen LogP contribution in [0.1, 0.15) is 17.8 Å². The predicted molar refractivity (Wildman–Crippen MR) is 71.4 cm³/mol. The third-order valence-corrected chi connectivity index (χ3v) is 4.55. The van der Waals surface area contributed by atoms with Gasteiger partial charge in [0.05, 0.1) is 26.7 Å². The minimum atomic E-state index is -0.272. The van der Waals surface area contributed by atoms with Crippen molar-refractivity contribution in [2.75, 3.05) is 13.2 Å². The first kappa shape index (κ1) is 11.6. The topological polar surface area (TPSA) is 45.9 Å². The number of para-hydroxylation sites is 1. The lowest BCUT2D eigenvalue weighted by molar-refractivity contribution is 0.0406. The lowest BCUT2D eigenvalue weighted by atomic mass is 9.79. The Hall–Kier alpha value is -1.44. The molecule has 1 aliphatic rings. The number of hydrogen-bond acceptors (Lipinski definition) is 4. The molecule has 0 bridgehead atoms. The zero-order valence-corrected chi connectivity index (χ0v) is 10.9. The van der Waals surface area contributed by atoms with Crippen molar-refractivity contribution in [2.45, 2.75) is 19.3 Å². The fraction of sp³-hybridized carbons (Fsp3) is 0.429. The van der Waals surface area contributed by atoms with E-state index in [1.165, 1.54) is 4.70 Å². The number of nitriles is 1. The molecule has 4 heteroatoms. The van der Waals surface area contributed by atoms with Gasteiger partial charge in [0, 0.05) is 19.6 Å². The highest BCUT2D eigenvalue weighted by Gasteiger charge is 2.33. The Kier molecular flexibility index (Phi) is 3.02. The summed E-state index contributed by atoms with van der Waals surface area (Å²) in [5, 5.41) is 10.5. The van der Waals surface area contributed by atoms with E-state index >= 15 is 0 Å². The number of hydrogen-bond donors (Lipinski definition) is 0.